The zero-order valence-electron chi connectivity index (χ0n) is 15.6. The first-order chi connectivity index (χ1) is 14.3. The Morgan fingerprint density at radius 3 is 2.47 bits per heavy atom. The molecule has 4 nitrogen and oxygen atoms in total. The van der Waals surface area contributed by atoms with Gasteiger partial charge in [-0.2, -0.15) is 0 Å². The number of rotatable bonds is 5. The number of hydrogen-bond acceptors (Lipinski definition) is 3. The second kappa shape index (κ2) is 7.95. The molecule has 3 aromatic rings. The van der Waals surface area contributed by atoms with Crippen LogP contribution in [0.5, 0.6) is 0 Å². The molecule has 0 fully saturated rings. The third kappa shape index (κ3) is 3.55. The number of amides is 1. The van der Waals surface area contributed by atoms with E-state index in [1.54, 1.807) is 48.5 Å². The molecule has 0 radical (unpaired) electrons. The maximum absolute atomic E-state index is 14.3. The van der Waals surface area contributed by atoms with E-state index >= 15 is 0 Å². The normalized spacial score (nSPS) is 17.9. The van der Waals surface area contributed by atoms with Crippen molar-refractivity contribution in [2.75, 3.05) is 4.90 Å². The number of carbonyl (C=O) groups is 2. The van der Waals surface area contributed by atoms with Gasteiger partial charge in [0.2, 0.25) is 0 Å². The van der Waals surface area contributed by atoms with Crippen molar-refractivity contribution < 1.29 is 19.1 Å². The summed E-state index contributed by atoms with van der Waals surface area (Å²) in [5.41, 5.74) is -0.780. The van der Waals surface area contributed by atoms with E-state index in [0.29, 0.717) is 16.8 Å². The number of benzene rings is 3. The van der Waals surface area contributed by atoms with Gasteiger partial charge in [-0.05, 0) is 30.3 Å². The Balaban J connectivity index is 1.70. The summed E-state index contributed by atoms with van der Waals surface area (Å²) in [5.74, 6) is -1.61. The summed E-state index contributed by atoms with van der Waals surface area (Å²) in [6.07, 6.45) is -0.425. The molecule has 0 saturated heterocycles. The number of halogens is 3. The topological polar surface area (TPSA) is 57.6 Å². The second-order valence-electron chi connectivity index (χ2n) is 7.08. The number of ketones is 1. The van der Waals surface area contributed by atoms with Crippen molar-refractivity contribution in [2.24, 2.45) is 0 Å². The summed E-state index contributed by atoms with van der Waals surface area (Å²) >= 11 is 9.44. The molecule has 0 aliphatic carbocycles. The van der Waals surface area contributed by atoms with Gasteiger partial charge in [-0.1, -0.05) is 63.9 Å². The Labute approximate surface area is 186 Å². The number of Topliss-reactive ketones (excluding diaryl/α,β-unsaturated/α-hetero) is 1. The van der Waals surface area contributed by atoms with Crippen molar-refractivity contribution in [3.05, 3.63) is 98.7 Å². The van der Waals surface area contributed by atoms with E-state index in [9.17, 15) is 19.1 Å². The molecule has 7 heteroatoms. The lowest BCUT2D eigenvalue weighted by Gasteiger charge is -2.23. The van der Waals surface area contributed by atoms with Gasteiger partial charge in [-0.15, -0.1) is 0 Å². The quantitative estimate of drug-likeness (QED) is 0.499. The number of anilines is 1. The molecule has 0 unspecified atom stereocenters. The van der Waals surface area contributed by atoms with E-state index in [1.165, 1.54) is 23.1 Å². The molecular formula is C23H16BrClFNO3. The SMILES string of the molecule is O=C(C[C@]1(O)C(=O)N(Cc2c(F)cccc2Cl)c2ccccc21)c1ccc(Br)cc1. The van der Waals surface area contributed by atoms with Crippen molar-refractivity contribution in [1.29, 1.82) is 0 Å². The standard InChI is InChI=1S/C23H16BrClFNO3/c24-15-10-8-14(9-11-15)21(28)12-23(30)17-4-1-2-7-20(17)27(22(23)29)13-16-18(25)5-3-6-19(16)26/h1-11,30H,12-13H2/t23-/m1/s1. The highest BCUT2D eigenvalue weighted by Gasteiger charge is 2.51. The Kier molecular flexibility index (Phi) is 5.49. The van der Waals surface area contributed by atoms with Crippen LogP contribution in [0.4, 0.5) is 10.1 Å². The average molecular weight is 489 g/mol. The Hall–Kier alpha value is -2.54. The van der Waals surface area contributed by atoms with Gasteiger partial charge in [0.25, 0.3) is 5.91 Å². The molecule has 4 rings (SSSR count). The van der Waals surface area contributed by atoms with Crippen LogP contribution in [0, 0.1) is 5.82 Å². The van der Waals surface area contributed by atoms with Crippen molar-refractivity contribution in [1.82, 2.24) is 0 Å². The van der Waals surface area contributed by atoms with Crippen LogP contribution in [0.15, 0.2) is 71.2 Å². The number of aliphatic hydroxyl groups is 1. The molecule has 0 aromatic heterocycles. The molecule has 1 aliphatic heterocycles. The molecular weight excluding hydrogens is 473 g/mol. The lowest BCUT2D eigenvalue weighted by atomic mass is 9.88. The van der Waals surface area contributed by atoms with Crippen LogP contribution in [0.2, 0.25) is 5.02 Å². The second-order valence-corrected chi connectivity index (χ2v) is 8.40. The van der Waals surface area contributed by atoms with Crippen LogP contribution in [-0.4, -0.2) is 16.8 Å². The van der Waals surface area contributed by atoms with Crippen molar-refractivity contribution in [2.45, 2.75) is 18.6 Å². The first kappa shape index (κ1) is 20.7. The van der Waals surface area contributed by atoms with E-state index in [4.69, 9.17) is 11.6 Å². The van der Waals surface area contributed by atoms with Gasteiger partial charge < -0.3 is 10.0 Å². The van der Waals surface area contributed by atoms with E-state index in [2.05, 4.69) is 15.9 Å². The lowest BCUT2D eigenvalue weighted by Crippen LogP contribution is -2.41. The average Bonchev–Trinajstić information content (AvgIpc) is 2.93. The third-order valence-electron chi connectivity index (χ3n) is 5.20. The van der Waals surface area contributed by atoms with Gasteiger partial charge in [-0.25, -0.2) is 4.39 Å². The largest absolute Gasteiger partial charge is 0.375 e. The van der Waals surface area contributed by atoms with Gasteiger partial charge in [0.1, 0.15) is 5.82 Å². The maximum atomic E-state index is 14.3. The Morgan fingerprint density at radius 1 is 1.07 bits per heavy atom. The maximum Gasteiger partial charge on any atom is 0.264 e. The summed E-state index contributed by atoms with van der Waals surface area (Å²) in [7, 11) is 0. The van der Waals surface area contributed by atoms with E-state index in [1.807, 2.05) is 0 Å². The predicted molar refractivity (Wildman–Crippen MR) is 116 cm³/mol. The lowest BCUT2D eigenvalue weighted by molar-refractivity contribution is -0.136. The Morgan fingerprint density at radius 2 is 1.77 bits per heavy atom. The molecule has 0 spiro atoms. The fourth-order valence-electron chi connectivity index (χ4n) is 3.65. The van der Waals surface area contributed by atoms with Gasteiger partial charge in [0.15, 0.2) is 11.4 Å². The molecule has 1 heterocycles. The summed E-state index contributed by atoms with van der Waals surface area (Å²) < 4.78 is 15.1. The summed E-state index contributed by atoms with van der Waals surface area (Å²) in [6, 6.07) is 17.6. The number of hydrogen-bond donors (Lipinski definition) is 1. The number of para-hydroxylation sites is 1. The van der Waals surface area contributed by atoms with Gasteiger partial charge in [0, 0.05) is 26.2 Å². The highest BCUT2D eigenvalue weighted by atomic mass is 79.9. The molecule has 1 amide bonds. The molecule has 1 N–H and O–H groups in total. The monoisotopic (exact) mass is 487 g/mol. The minimum atomic E-state index is -2.04. The van der Waals surface area contributed by atoms with Crippen LogP contribution in [0.1, 0.15) is 27.9 Å². The van der Waals surface area contributed by atoms with Crippen LogP contribution in [0.3, 0.4) is 0 Å². The first-order valence-corrected chi connectivity index (χ1v) is 10.3. The molecule has 1 aliphatic rings. The van der Waals surface area contributed by atoms with Crippen LogP contribution in [-0.2, 0) is 16.9 Å². The van der Waals surface area contributed by atoms with Crippen molar-refractivity contribution >= 4 is 44.9 Å². The van der Waals surface area contributed by atoms with Crippen LogP contribution < -0.4 is 4.90 Å². The highest BCUT2D eigenvalue weighted by Crippen LogP contribution is 2.44. The molecule has 0 bridgehead atoms. The van der Waals surface area contributed by atoms with Gasteiger partial charge in [0.05, 0.1) is 18.7 Å². The predicted octanol–water partition coefficient (Wildman–Crippen LogP) is 5.25. The van der Waals surface area contributed by atoms with Crippen molar-refractivity contribution in [3.8, 4) is 0 Å². The fraction of sp³-hybridized carbons (Fsp3) is 0.130. The minimum absolute atomic E-state index is 0.144. The zero-order chi connectivity index (χ0) is 21.5. The fourth-order valence-corrected chi connectivity index (χ4v) is 4.13. The highest BCUT2D eigenvalue weighted by molar-refractivity contribution is 9.10. The Bertz CT molecular complexity index is 1130. The smallest absolute Gasteiger partial charge is 0.264 e. The van der Waals surface area contributed by atoms with E-state index in [-0.39, 0.29) is 22.9 Å². The number of nitrogens with zero attached hydrogens (tertiary/aromatic N) is 1. The zero-order valence-corrected chi connectivity index (χ0v) is 18.0. The van der Waals surface area contributed by atoms with Gasteiger partial charge in [-0.3, -0.25) is 9.59 Å². The molecule has 30 heavy (non-hydrogen) atoms. The molecule has 152 valence electrons. The molecule has 1 atom stereocenters. The summed E-state index contributed by atoms with van der Waals surface area (Å²) in [4.78, 5) is 27.4. The molecule has 3 aromatic carbocycles. The number of carbonyl (C=O) groups excluding carboxylic acids is 2. The number of fused-ring (bicyclic) bond motifs is 1. The van der Waals surface area contributed by atoms with Crippen molar-refractivity contribution in [3.63, 3.8) is 0 Å². The van der Waals surface area contributed by atoms with Gasteiger partial charge >= 0.3 is 0 Å². The summed E-state index contributed by atoms with van der Waals surface area (Å²) in [6.45, 7) is -0.157. The summed E-state index contributed by atoms with van der Waals surface area (Å²) in [5, 5.41) is 11.5. The van der Waals surface area contributed by atoms with Crippen LogP contribution >= 0.6 is 27.5 Å². The molecule has 0 saturated carbocycles. The van der Waals surface area contributed by atoms with E-state index in [0.717, 1.165) is 4.47 Å². The minimum Gasteiger partial charge on any atom is -0.375 e. The van der Waals surface area contributed by atoms with E-state index < -0.39 is 23.7 Å². The third-order valence-corrected chi connectivity index (χ3v) is 6.08. The first-order valence-electron chi connectivity index (χ1n) is 9.17. The van der Waals surface area contributed by atoms with Crippen LogP contribution in [0.25, 0.3) is 0 Å².